The molecule has 2 heterocycles. The minimum absolute atomic E-state index is 0.0279. The average Bonchev–Trinajstić information content (AvgIpc) is 2.59. The lowest BCUT2D eigenvalue weighted by atomic mass is 9.97. The summed E-state index contributed by atoms with van der Waals surface area (Å²) in [4.78, 5) is 18.8. The molecule has 0 saturated carbocycles. The van der Waals surface area contributed by atoms with Crippen LogP contribution in [0.4, 0.5) is 5.95 Å². The van der Waals surface area contributed by atoms with Gasteiger partial charge < -0.3 is 16.0 Å². The van der Waals surface area contributed by atoms with E-state index in [0.717, 1.165) is 43.6 Å². The maximum absolute atomic E-state index is 12.1. The van der Waals surface area contributed by atoms with Crippen molar-refractivity contribution in [2.24, 2.45) is 11.7 Å². The molecule has 0 bridgehead atoms. The minimum atomic E-state index is -0.0279. The summed E-state index contributed by atoms with van der Waals surface area (Å²) in [5.74, 6) is 0.689. The Bertz CT molecular complexity index is 507. The molecule has 7 heteroatoms. The summed E-state index contributed by atoms with van der Waals surface area (Å²) in [7, 11) is 0. The molecule has 1 aliphatic heterocycles. The molecule has 7 nitrogen and oxygen atoms in total. The van der Waals surface area contributed by atoms with Gasteiger partial charge in [-0.15, -0.1) is 5.10 Å². The molecule has 1 saturated heterocycles. The molecular weight excluding hydrogens is 280 g/mol. The molecule has 0 aromatic carbocycles. The highest BCUT2D eigenvalue weighted by Gasteiger charge is 2.27. The van der Waals surface area contributed by atoms with Gasteiger partial charge in [0.1, 0.15) is 0 Å². The third-order valence-electron chi connectivity index (χ3n) is 4.02. The number of nitrogens with two attached hydrogens (primary N) is 1. The van der Waals surface area contributed by atoms with Crippen molar-refractivity contribution in [2.75, 3.05) is 31.1 Å². The number of amides is 1. The van der Waals surface area contributed by atoms with Gasteiger partial charge >= 0.3 is 0 Å². The number of anilines is 1. The van der Waals surface area contributed by atoms with Crippen LogP contribution >= 0.6 is 0 Å². The molecule has 0 aliphatic carbocycles. The number of hydrogen-bond acceptors (Lipinski definition) is 6. The van der Waals surface area contributed by atoms with E-state index < -0.39 is 0 Å². The van der Waals surface area contributed by atoms with Gasteiger partial charge in [0.2, 0.25) is 11.9 Å². The SMILES string of the molecule is CCc1nnc(N2CCCC(C(=O)NCCN)C2)nc1CC. The third-order valence-corrected chi connectivity index (χ3v) is 4.02. The van der Waals surface area contributed by atoms with Crippen LogP contribution in [0.5, 0.6) is 0 Å². The lowest BCUT2D eigenvalue weighted by Gasteiger charge is -2.32. The van der Waals surface area contributed by atoms with E-state index in [2.05, 4.69) is 39.2 Å². The lowest BCUT2D eigenvalue weighted by Crippen LogP contribution is -2.44. The Morgan fingerprint density at radius 3 is 2.77 bits per heavy atom. The Kier molecular flexibility index (Phi) is 6.06. The van der Waals surface area contributed by atoms with Crippen LogP contribution in [-0.2, 0) is 17.6 Å². The smallest absolute Gasteiger partial charge is 0.245 e. The number of aryl methyl sites for hydroxylation is 2. The molecule has 1 aromatic heterocycles. The summed E-state index contributed by atoms with van der Waals surface area (Å²) < 4.78 is 0. The zero-order chi connectivity index (χ0) is 15.9. The van der Waals surface area contributed by atoms with Crippen molar-refractivity contribution in [1.82, 2.24) is 20.5 Å². The van der Waals surface area contributed by atoms with Crippen molar-refractivity contribution in [1.29, 1.82) is 0 Å². The van der Waals surface area contributed by atoms with E-state index in [9.17, 15) is 4.79 Å². The van der Waals surface area contributed by atoms with Crippen LogP contribution in [0.15, 0.2) is 0 Å². The van der Waals surface area contributed by atoms with E-state index in [1.54, 1.807) is 0 Å². The predicted octanol–water partition coefficient (Wildman–Crippen LogP) is 0.288. The molecule has 1 amide bonds. The monoisotopic (exact) mass is 306 g/mol. The van der Waals surface area contributed by atoms with Gasteiger partial charge in [-0.05, 0) is 25.7 Å². The van der Waals surface area contributed by atoms with Crippen LogP contribution in [0.3, 0.4) is 0 Å². The third kappa shape index (κ3) is 3.91. The summed E-state index contributed by atoms with van der Waals surface area (Å²) in [5, 5.41) is 11.4. The fraction of sp³-hybridized carbons (Fsp3) is 0.733. The first-order chi connectivity index (χ1) is 10.7. The second-order valence-corrected chi connectivity index (χ2v) is 5.58. The topological polar surface area (TPSA) is 97.0 Å². The first kappa shape index (κ1) is 16.6. The average molecular weight is 306 g/mol. The van der Waals surface area contributed by atoms with Crippen LogP contribution in [0, 0.1) is 5.92 Å². The van der Waals surface area contributed by atoms with Crippen molar-refractivity contribution in [3.05, 3.63) is 11.4 Å². The lowest BCUT2D eigenvalue weighted by molar-refractivity contribution is -0.125. The van der Waals surface area contributed by atoms with Crippen LogP contribution < -0.4 is 16.0 Å². The number of nitrogens with one attached hydrogen (secondary N) is 1. The van der Waals surface area contributed by atoms with Gasteiger partial charge in [-0.25, -0.2) is 4.98 Å². The number of nitrogens with zero attached hydrogens (tertiary/aromatic N) is 4. The Morgan fingerprint density at radius 2 is 2.09 bits per heavy atom. The Balaban J connectivity index is 2.07. The quantitative estimate of drug-likeness (QED) is 0.784. The van der Waals surface area contributed by atoms with Crippen molar-refractivity contribution in [3.63, 3.8) is 0 Å². The zero-order valence-corrected chi connectivity index (χ0v) is 13.5. The van der Waals surface area contributed by atoms with Crippen LogP contribution in [-0.4, -0.2) is 47.3 Å². The highest BCUT2D eigenvalue weighted by Crippen LogP contribution is 2.21. The number of carbonyl (C=O) groups is 1. The molecule has 3 N–H and O–H groups in total. The number of rotatable bonds is 6. The first-order valence-corrected chi connectivity index (χ1v) is 8.14. The normalized spacial score (nSPS) is 18.3. The number of aromatic nitrogens is 3. The Morgan fingerprint density at radius 1 is 1.32 bits per heavy atom. The predicted molar refractivity (Wildman–Crippen MR) is 85.6 cm³/mol. The maximum atomic E-state index is 12.1. The fourth-order valence-electron chi connectivity index (χ4n) is 2.77. The van der Waals surface area contributed by atoms with Crippen LogP contribution in [0.1, 0.15) is 38.1 Å². The van der Waals surface area contributed by atoms with Crippen LogP contribution in [0.2, 0.25) is 0 Å². The fourth-order valence-corrected chi connectivity index (χ4v) is 2.77. The second kappa shape index (κ2) is 8.03. The second-order valence-electron chi connectivity index (χ2n) is 5.58. The summed E-state index contributed by atoms with van der Waals surface area (Å²) in [6.07, 6.45) is 3.54. The number of piperidine rings is 1. The summed E-state index contributed by atoms with van der Waals surface area (Å²) in [6, 6.07) is 0. The molecule has 122 valence electrons. The molecule has 1 atom stereocenters. The van der Waals surface area contributed by atoms with Gasteiger partial charge in [0.25, 0.3) is 0 Å². The molecule has 1 aromatic rings. The van der Waals surface area contributed by atoms with E-state index >= 15 is 0 Å². The van der Waals surface area contributed by atoms with Gasteiger partial charge in [0.05, 0.1) is 17.3 Å². The molecule has 1 fully saturated rings. The van der Waals surface area contributed by atoms with Crippen molar-refractivity contribution >= 4 is 11.9 Å². The minimum Gasteiger partial charge on any atom is -0.355 e. The van der Waals surface area contributed by atoms with Gasteiger partial charge in [0.15, 0.2) is 0 Å². The molecule has 22 heavy (non-hydrogen) atoms. The van der Waals surface area contributed by atoms with E-state index in [4.69, 9.17) is 5.73 Å². The summed E-state index contributed by atoms with van der Waals surface area (Å²) in [5.41, 5.74) is 7.39. The van der Waals surface area contributed by atoms with E-state index in [1.807, 2.05) is 0 Å². The molecule has 0 spiro atoms. The summed E-state index contributed by atoms with van der Waals surface area (Å²) >= 11 is 0. The van der Waals surface area contributed by atoms with Crippen molar-refractivity contribution in [2.45, 2.75) is 39.5 Å². The van der Waals surface area contributed by atoms with Crippen molar-refractivity contribution in [3.8, 4) is 0 Å². The number of carbonyl (C=O) groups excluding carboxylic acids is 1. The Hall–Kier alpha value is -1.76. The van der Waals surface area contributed by atoms with E-state index in [-0.39, 0.29) is 11.8 Å². The first-order valence-electron chi connectivity index (χ1n) is 8.14. The van der Waals surface area contributed by atoms with Gasteiger partial charge in [-0.3, -0.25) is 4.79 Å². The molecule has 1 unspecified atom stereocenters. The van der Waals surface area contributed by atoms with E-state index in [1.165, 1.54) is 0 Å². The maximum Gasteiger partial charge on any atom is 0.245 e. The zero-order valence-electron chi connectivity index (χ0n) is 13.5. The molecule has 2 rings (SSSR count). The standard InChI is InChI=1S/C15H26N6O/c1-3-12-13(4-2)19-20-15(18-12)21-9-5-6-11(10-21)14(22)17-8-7-16/h11H,3-10,16H2,1-2H3,(H,17,22). The highest BCUT2D eigenvalue weighted by atomic mass is 16.1. The Labute approximate surface area is 131 Å². The highest BCUT2D eigenvalue weighted by molar-refractivity contribution is 5.79. The van der Waals surface area contributed by atoms with E-state index in [0.29, 0.717) is 25.6 Å². The van der Waals surface area contributed by atoms with Crippen molar-refractivity contribution < 1.29 is 4.79 Å². The molecular formula is C15H26N6O. The van der Waals surface area contributed by atoms with Gasteiger partial charge in [0, 0.05) is 26.2 Å². The van der Waals surface area contributed by atoms with Crippen LogP contribution in [0.25, 0.3) is 0 Å². The summed E-state index contributed by atoms with van der Waals surface area (Å²) in [6.45, 7) is 6.64. The van der Waals surface area contributed by atoms with Gasteiger partial charge in [-0.1, -0.05) is 13.8 Å². The molecule has 0 radical (unpaired) electrons. The number of hydrogen-bond donors (Lipinski definition) is 2. The van der Waals surface area contributed by atoms with Gasteiger partial charge in [-0.2, -0.15) is 5.10 Å². The molecule has 1 aliphatic rings. The largest absolute Gasteiger partial charge is 0.355 e.